The van der Waals surface area contributed by atoms with Gasteiger partial charge in [-0.1, -0.05) is 96.1 Å². The molecular weight excluding hydrogens is 337 g/mol. The van der Waals surface area contributed by atoms with Crippen LogP contribution in [-0.2, 0) is 4.79 Å². The van der Waals surface area contributed by atoms with Crippen molar-refractivity contribution in [2.75, 3.05) is 5.32 Å². The van der Waals surface area contributed by atoms with Crippen molar-refractivity contribution in [3.05, 3.63) is 24.3 Å². The van der Waals surface area contributed by atoms with Crippen LogP contribution in [-0.4, -0.2) is 23.1 Å². The van der Waals surface area contributed by atoms with E-state index in [2.05, 4.69) is 12.2 Å². The minimum Gasteiger partial charge on any atom is -0.423 e. The molecule has 1 rings (SSSR count). The topological polar surface area (TPSA) is 69.6 Å². The van der Waals surface area contributed by atoms with Gasteiger partial charge in [0.1, 0.15) is 0 Å². The summed E-state index contributed by atoms with van der Waals surface area (Å²) in [6.45, 7) is 2.26. The first-order valence-electron chi connectivity index (χ1n) is 10.9. The van der Waals surface area contributed by atoms with Gasteiger partial charge in [-0.15, -0.1) is 0 Å². The van der Waals surface area contributed by atoms with Gasteiger partial charge in [0, 0.05) is 12.1 Å². The molecule has 3 N–H and O–H groups in total. The molecule has 0 aliphatic heterocycles. The third kappa shape index (κ3) is 12.6. The molecular formula is C22H38BNO3. The van der Waals surface area contributed by atoms with Gasteiger partial charge in [0.15, 0.2) is 0 Å². The predicted molar refractivity (Wildman–Crippen MR) is 115 cm³/mol. The van der Waals surface area contributed by atoms with Crippen LogP contribution in [0, 0.1) is 0 Å². The molecule has 0 spiro atoms. The Bertz CT molecular complexity index is 491. The number of hydrogen-bond donors (Lipinski definition) is 3. The molecule has 0 aromatic heterocycles. The molecule has 152 valence electrons. The third-order valence-corrected chi connectivity index (χ3v) is 5.00. The molecule has 1 amide bonds. The van der Waals surface area contributed by atoms with E-state index in [4.69, 9.17) is 10.0 Å². The highest BCUT2D eigenvalue weighted by molar-refractivity contribution is 6.58. The summed E-state index contributed by atoms with van der Waals surface area (Å²) in [5.74, 6) is 0.0235. The Balaban J connectivity index is 1.92. The van der Waals surface area contributed by atoms with E-state index in [0.717, 1.165) is 12.8 Å². The second-order valence-corrected chi connectivity index (χ2v) is 7.54. The normalized spacial score (nSPS) is 10.8. The van der Waals surface area contributed by atoms with Crippen LogP contribution in [0.5, 0.6) is 0 Å². The van der Waals surface area contributed by atoms with E-state index in [1.54, 1.807) is 24.3 Å². The summed E-state index contributed by atoms with van der Waals surface area (Å²) in [4.78, 5) is 11.9. The largest absolute Gasteiger partial charge is 0.488 e. The number of benzene rings is 1. The molecule has 0 fully saturated rings. The van der Waals surface area contributed by atoms with Crippen LogP contribution in [0.3, 0.4) is 0 Å². The summed E-state index contributed by atoms with van der Waals surface area (Å²) in [6.07, 6.45) is 17.4. The Kier molecular flexibility index (Phi) is 13.8. The van der Waals surface area contributed by atoms with Gasteiger partial charge in [0.25, 0.3) is 0 Å². The van der Waals surface area contributed by atoms with Gasteiger partial charge in [-0.25, -0.2) is 0 Å². The molecule has 1 aromatic rings. The highest BCUT2D eigenvalue weighted by atomic mass is 16.4. The van der Waals surface area contributed by atoms with Crippen molar-refractivity contribution in [3.8, 4) is 0 Å². The molecule has 0 radical (unpaired) electrons. The molecule has 0 saturated heterocycles. The summed E-state index contributed by atoms with van der Waals surface area (Å²) in [5.41, 5.74) is 1.11. The van der Waals surface area contributed by atoms with Gasteiger partial charge in [-0.05, 0) is 24.0 Å². The minimum absolute atomic E-state index is 0.0235. The fourth-order valence-electron chi connectivity index (χ4n) is 3.27. The molecule has 0 atom stereocenters. The van der Waals surface area contributed by atoms with E-state index >= 15 is 0 Å². The Morgan fingerprint density at radius 1 is 0.778 bits per heavy atom. The molecule has 5 heteroatoms. The van der Waals surface area contributed by atoms with Gasteiger partial charge in [-0.2, -0.15) is 0 Å². The number of hydrogen-bond acceptors (Lipinski definition) is 3. The molecule has 0 aliphatic rings. The first-order chi connectivity index (χ1) is 13.1. The first-order valence-corrected chi connectivity index (χ1v) is 10.9. The standard InChI is InChI=1S/C22H38BNO3/c1-2-3-4-5-6-7-8-9-10-11-12-13-14-15-22(25)24-21-18-16-20(17-19-21)23(26)27/h16-19,26-27H,2-15H2,1H3,(H,24,25). The molecule has 0 aliphatic carbocycles. The van der Waals surface area contributed by atoms with Gasteiger partial charge in [0.2, 0.25) is 5.91 Å². The number of rotatable bonds is 16. The average molecular weight is 375 g/mol. The van der Waals surface area contributed by atoms with Crippen molar-refractivity contribution in [2.45, 2.75) is 96.8 Å². The monoisotopic (exact) mass is 375 g/mol. The smallest absolute Gasteiger partial charge is 0.423 e. The van der Waals surface area contributed by atoms with Crippen LogP contribution in [0.25, 0.3) is 0 Å². The van der Waals surface area contributed by atoms with Crippen LogP contribution < -0.4 is 10.8 Å². The lowest BCUT2D eigenvalue weighted by Crippen LogP contribution is -2.29. The van der Waals surface area contributed by atoms with Crippen LogP contribution >= 0.6 is 0 Å². The summed E-state index contributed by atoms with van der Waals surface area (Å²) < 4.78 is 0. The zero-order valence-corrected chi connectivity index (χ0v) is 17.1. The Morgan fingerprint density at radius 2 is 1.22 bits per heavy atom. The van der Waals surface area contributed by atoms with Crippen molar-refractivity contribution >= 4 is 24.2 Å². The van der Waals surface area contributed by atoms with E-state index in [1.807, 2.05) is 0 Å². The second kappa shape index (κ2) is 15.7. The predicted octanol–water partition coefficient (Wildman–Crippen LogP) is 4.79. The quantitative estimate of drug-likeness (QED) is 0.287. The molecule has 0 unspecified atom stereocenters. The Labute approximate surface area is 165 Å². The molecule has 0 bridgehead atoms. The number of nitrogens with one attached hydrogen (secondary N) is 1. The number of carbonyl (C=O) groups excluding carboxylic acids is 1. The number of unbranched alkanes of at least 4 members (excludes halogenated alkanes) is 12. The fraction of sp³-hybridized carbons (Fsp3) is 0.682. The summed E-state index contributed by atoms with van der Waals surface area (Å²) in [6, 6.07) is 6.59. The van der Waals surface area contributed by atoms with Crippen LogP contribution in [0.1, 0.15) is 96.8 Å². The zero-order valence-electron chi connectivity index (χ0n) is 17.1. The Morgan fingerprint density at radius 3 is 1.67 bits per heavy atom. The van der Waals surface area contributed by atoms with E-state index in [0.29, 0.717) is 17.6 Å². The van der Waals surface area contributed by atoms with Crippen LogP contribution in [0.2, 0.25) is 0 Å². The summed E-state index contributed by atoms with van der Waals surface area (Å²) in [5, 5.41) is 21.0. The minimum atomic E-state index is -1.47. The molecule has 27 heavy (non-hydrogen) atoms. The zero-order chi connectivity index (χ0) is 19.7. The molecule has 0 saturated carbocycles. The Hall–Kier alpha value is -1.33. The van der Waals surface area contributed by atoms with E-state index < -0.39 is 7.12 Å². The lowest BCUT2D eigenvalue weighted by molar-refractivity contribution is -0.116. The molecule has 4 nitrogen and oxygen atoms in total. The third-order valence-electron chi connectivity index (χ3n) is 5.00. The summed E-state index contributed by atoms with van der Waals surface area (Å²) in [7, 11) is -1.47. The highest BCUT2D eigenvalue weighted by Gasteiger charge is 2.10. The maximum Gasteiger partial charge on any atom is 0.488 e. The maximum atomic E-state index is 11.9. The van der Waals surface area contributed by atoms with E-state index in [9.17, 15) is 4.79 Å². The van der Waals surface area contributed by atoms with E-state index in [-0.39, 0.29) is 5.91 Å². The van der Waals surface area contributed by atoms with Gasteiger partial charge in [0.05, 0.1) is 0 Å². The number of amides is 1. The average Bonchev–Trinajstić information content (AvgIpc) is 2.66. The SMILES string of the molecule is CCCCCCCCCCCCCCCC(=O)Nc1ccc(B(O)O)cc1. The fourth-order valence-corrected chi connectivity index (χ4v) is 3.27. The summed E-state index contributed by atoms with van der Waals surface area (Å²) >= 11 is 0. The lowest BCUT2D eigenvalue weighted by Gasteiger charge is -2.06. The molecule has 0 heterocycles. The lowest BCUT2D eigenvalue weighted by atomic mass is 9.80. The van der Waals surface area contributed by atoms with Gasteiger partial charge >= 0.3 is 7.12 Å². The second-order valence-electron chi connectivity index (χ2n) is 7.54. The molecule has 1 aromatic carbocycles. The van der Waals surface area contributed by atoms with Crippen LogP contribution in [0.15, 0.2) is 24.3 Å². The number of carbonyl (C=O) groups is 1. The van der Waals surface area contributed by atoms with Crippen molar-refractivity contribution < 1.29 is 14.8 Å². The van der Waals surface area contributed by atoms with Crippen molar-refractivity contribution in [1.82, 2.24) is 0 Å². The van der Waals surface area contributed by atoms with Crippen LogP contribution in [0.4, 0.5) is 5.69 Å². The maximum absolute atomic E-state index is 11.9. The van der Waals surface area contributed by atoms with Crippen molar-refractivity contribution in [3.63, 3.8) is 0 Å². The number of anilines is 1. The van der Waals surface area contributed by atoms with Gasteiger partial charge in [-0.3, -0.25) is 4.79 Å². The van der Waals surface area contributed by atoms with Gasteiger partial charge < -0.3 is 15.4 Å². The first kappa shape index (κ1) is 23.7. The van der Waals surface area contributed by atoms with Crippen molar-refractivity contribution in [2.24, 2.45) is 0 Å². The van der Waals surface area contributed by atoms with Crippen molar-refractivity contribution in [1.29, 1.82) is 0 Å². The highest BCUT2D eigenvalue weighted by Crippen LogP contribution is 2.13. The van der Waals surface area contributed by atoms with E-state index in [1.165, 1.54) is 70.6 Å².